The van der Waals surface area contributed by atoms with Gasteiger partial charge in [0, 0.05) is 18.7 Å². The van der Waals surface area contributed by atoms with Gasteiger partial charge in [0.15, 0.2) is 5.76 Å². The van der Waals surface area contributed by atoms with Crippen molar-refractivity contribution < 1.29 is 14.0 Å². The van der Waals surface area contributed by atoms with Crippen molar-refractivity contribution in [2.45, 2.75) is 19.3 Å². The van der Waals surface area contributed by atoms with Crippen LogP contribution in [0, 0.1) is 0 Å². The van der Waals surface area contributed by atoms with E-state index in [0.29, 0.717) is 19.4 Å². The van der Waals surface area contributed by atoms with Gasteiger partial charge in [-0.25, -0.2) is 0 Å². The van der Waals surface area contributed by atoms with Crippen molar-refractivity contribution in [3.63, 3.8) is 0 Å². The summed E-state index contributed by atoms with van der Waals surface area (Å²) in [4.78, 5) is 23.9. The highest BCUT2D eigenvalue weighted by Gasteiger charge is 2.18. The minimum atomic E-state index is -0.266. The van der Waals surface area contributed by atoms with E-state index in [1.807, 2.05) is 18.2 Å². The van der Waals surface area contributed by atoms with E-state index in [0.717, 1.165) is 12.1 Å². The summed E-state index contributed by atoms with van der Waals surface area (Å²) >= 11 is 0. The van der Waals surface area contributed by atoms with E-state index in [4.69, 9.17) is 4.42 Å². The fourth-order valence-corrected chi connectivity index (χ4v) is 3.37. The highest BCUT2D eigenvalue weighted by Crippen LogP contribution is 2.37. The Morgan fingerprint density at radius 2 is 1.81 bits per heavy atom. The molecule has 2 aromatic carbocycles. The number of hydrogen-bond acceptors (Lipinski definition) is 3. The minimum absolute atomic E-state index is 0.0616. The van der Waals surface area contributed by atoms with Crippen LogP contribution in [0.15, 0.2) is 65.3 Å². The smallest absolute Gasteiger partial charge is 0.286 e. The van der Waals surface area contributed by atoms with Gasteiger partial charge >= 0.3 is 0 Å². The molecule has 2 amide bonds. The number of amides is 2. The second-order valence-electron chi connectivity index (χ2n) is 6.59. The van der Waals surface area contributed by atoms with Gasteiger partial charge in [0.25, 0.3) is 5.91 Å². The maximum atomic E-state index is 12.2. The topological polar surface area (TPSA) is 71.3 Å². The summed E-state index contributed by atoms with van der Waals surface area (Å²) in [5, 5.41) is 5.68. The van der Waals surface area contributed by atoms with Crippen molar-refractivity contribution in [1.29, 1.82) is 0 Å². The Morgan fingerprint density at radius 3 is 2.67 bits per heavy atom. The van der Waals surface area contributed by atoms with Gasteiger partial charge < -0.3 is 15.1 Å². The number of furan rings is 1. The molecule has 5 heteroatoms. The predicted octanol–water partition coefficient (Wildman–Crippen LogP) is 4.00. The summed E-state index contributed by atoms with van der Waals surface area (Å²) in [6, 6.07) is 17.7. The van der Waals surface area contributed by atoms with Crippen LogP contribution in [0.3, 0.4) is 0 Å². The van der Waals surface area contributed by atoms with Crippen molar-refractivity contribution in [2.24, 2.45) is 0 Å². The van der Waals surface area contributed by atoms with Crippen LogP contribution < -0.4 is 10.6 Å². The molecule has 3 aromatic rings. The lowest BCUT2D eigenvalue weighted by atomic mass is 10.1. The summed E-state index contributed by atoms with van der Waals surface area (Å²) in [5.74, 6) is -0.0518. The number of benzene rings is 2. The van der Waals surface area contributed by atoms with Crippen LogP contribution in [0.1, 0.15) is 34.5 Å². The van der Waals surface area contributed by atoms with Crippen LogP contribution >= 0.6 is 0 Å². The standard InChI is InChI=1S/C22H20N2O3/c25-21(8-3-11-23-22(26)20-7-4-12-27-20)24-17-10-9-16-13-15-5-1-2-6-18(15)19(16)14-17/h1-2,4-7,9-10,12,14H,3,8,11,13H2,(H,23,26)(H,24,25). The normalized spacial score (nSPS) is 11.6. The average molecular weight is 360 g/mol. The molecule has 0 atom stereocenters. The summed E-state index contributed by atoms with van der Waals surface area (Å²) < 4.78 is 5.02. The molecule has 0 spiro atoms. The number of carbonyl (C=O) groups excluding carboxylic acids is 2. The maximum Gasteiger partial charge on any atom is 0.286 e. The van der Waals surface area contributed by atoms with Gasteiger partial charge in [0.2, 0.25) is 5.91 Å². The van der Waals surface area contributed by atoms with Crippen molar-refractivity contribution >= 4 is 17.5 Å². The van der Waals surface area contributed by atoms with E-state index in [1.165, 1.54) is 28.5 Å². The number of fused-ring (bicyclic) bond motifs is 3. The van der Waals surface area contributed by atoms with Crippen LogP contribution in [-0.4, -0.2) is 18.4 Å². The lowest BCUT2D eigenvalue weighted by molar-refractivity contribution is -0.116. The number of hydrogen-bond donors (Lipinski definition) is 2. The first kappa shape index (κ1) is 17.1. The Balaban J connectivity index is 1.29. The second kappa shape index (κ2) is 7.50. The molecule has 2 N–H and O–H groups in total. The molecule has 0 bridgehead atoms. The van der Waals surface area contributed by atoms with Gasteiger partial charge in [0.1, 0.15) is 0 Å². The molecule has 0 radical (unpaired) electrons. The van der Waals surface area contributed by atoms with Gasteiger partial charge in [-0.3, -0.25) is 9.59 Å². The van der Waals surface area contributed by atoms with Gasteiger partial charge in [0.05, 0.1) is 6.26 Å². The first-order chi connectivity index (χ1) is 13.2. The molecule has 27 heavy (non-hydrogen) atoms. The monoisotopic (exact) mass is 360 g/mol. The van der Waals surface area contributed by atoms with E-state index in [2.05, 4.69) is 34.9 Å². The third kappa shape index (κ3) is 3.77. The Labute approximate surface area is 157 Å². The average Bonchev–Trinajstić information content (AvgIpc) is 3.33. The van der Waals surface area contributed by atoms with Crippen molar-refractivity contribution in [2.75, 3.05) is 11.9 Å². The zero-order chi connectivity index (χ0) is 18.6. The Hall–Kier alpha value is -3.34. The van der Waals surface area contributed by atoms with E-state index < -0.39 is 0 Å². The van der Waals surface area contributed by atoms with Gasteiger partial charge in [-0.1, -0.05) is 30.3 Å². The molecule has 0 saturated carbocycles. The zero-order valence-corrected chi connectivity index (χ0v) is 14.8. The van der Waals surface area contributed by atoms with Gasteiger partial charge in [-0.05, 0) is 59.4 Å². The zero-order valence-electron chi connectivity index (χ0n) is 14.8. The van der Waals surface area contributed by atoms with Crippen LogP contribution in [-0.2, 0) is 11.2 Å². The molecular weight excluding hydrogens is 340 g/mol. The van der Waals surface area contributed by atoms with Crippen LogP contribution in [0.4, 0.5) is 5.69 Å². The van der Waals surface area contributed by atoms with E-state index in [-0.39, 0.29) is 17.6 Å². The SMILES string of the molecule is O=C(CCCNC(=O)c1ccco1)Nc1ccc2c(c1)-c1ccccc1C2. The third-order valence-corrected chi connectivity index (χ3v) is 4.69. The largest absolute Gasteiger partial charge is 0.459 e. The van der Waals surface area contributed by atoms with Crippen molar-refractivity contribution in [3.05, 3.63) is 77.7 Å². The molecule has 136 valence electrons. The lowest BCUT2D eigenvalue weighted by Crippen LogP contribution is -2.25. The third-order valence-electron chi connectivity index (χ3n) is 4.69. The van der Waals surface area contributed by atoms with Crippen LogP contribution in [0.2, 0.25) is 0 Å². The summed E-state index contributed by atoms with van der Waals surface area (Å²) in [7, 11) is 0. The molecule has 0 fully saturated rings. The number of rotatable bonds is 6. The molecule has 5 nitrogen and oxygen atoms in total. The predicted molar refractivity (Wildman–Crippen MR) is 104 cm³/mol. The molecule has 0 saturated heterocycles. The number of carbonyl (C=O) groups is 2. The second-order valence-corrected chi connectivity index (χ2v) is 6.59. The van der Waals surface area contributed by atoms with E-state index >= 15 is 0 Å². The fourth-order valence-electron chi connectivity index (χ4n) is 3.37. The lowest BCUT2D eigenvalue weighted by Gasteiger charge is -2.08. The molecular formula is C22H20N2O3. The summed E-state index contributed by atoms with van der Waals surface area (Å²) in [5.41, 5.74) is 5.84. The van der Waals surface area contributed by atoms with E-state index in [9.17, 15) is 9.59 Å². The van der Waals surface area contributed by atoms with Gasteiger partial charge in [-0.2, -0.15) is 0 Å². The van der Waals surface area contributed by atoms with E-state index in [1.54, 1.807) is 12.1 Å². The molecule has 4 rings (SSSR count). The molecule has 1 aliphatic carbocycles. The highest BCUT2D eigenvalue weighted by molar-refractivity contribution is 5.93. The molecule has 0 aliphatic heterocycles. The number of anilines is 1. The molecule has 1 aliphatic rings. The first-order valence-corrected chi connectivity index (χ1v) is 9.03. The fraction of sp³-hybridized carbons (Fsp3) is 0.182. The quantitative estimate of drug-likeness (QED) is 0.511. The first-order valence-electron chi connectivity index (χ1n) is 9.03. The van der Waals surface area contributed by atoms with Crippen LogP contribution in [0.5, 0.6) is 0 Å². The molecule has 1 aromatic heterocycles. The number of nitrogens with one attached hydrogen (secondary N) is 2. The minimum Gasteiger partial charge on any atom is -0.459 e. The highest BCUT2D eigenvalue weighted by atomic mass is 16.3. The van der Waals surface area contributed by atoms with Crippen molar-refractivity contribution in [1.82, 2.24) is 5.32 Å². The molecule has 0 unspecified atom stereocenters. The van der Waals surface area contributed by atoms with Gasteiger partial charge in [-0.15, -0.1) is 0 Å². The Morgan fingerprint density at radius 1 is 0.963 bits per heavy atom. The molecule has 1 heterocycles. The van der Waals surface area contributed by atoms with Crippen molar-refractivity contribution in [3.8, 4) is 11.1 Å². The summed E-state index contributed by atoms with van der Waals surface area (Å²) in [6.45, 7) is 0.421. The maximum absolute atomic E-state index is 12.2. The summed E-state index contributed by atoms with van der Waals surface area (Å²) in [6.07, 6.45) is 3.30. The Kier molecular flexibility index (Phi) is 4.75. The van der Waals surface area contributed by atoms with Crippen LogP contribution in [0.25, 0.3) is 11.1 Å². The Bertz CT molecular complexity index is 977.